The molecule has 0 aliphatic heterocycles. The zero-order valence-electron chi connectivity index (χ0n) is 21.6. The summed E-state index contributed by atoms with van der Waals surface area (Å²) in [6.07, 6.45) is 6.65. The van der Waals surface area contributed by atoms with Crippen LogP contribution < -0.4 is 0 Å². The van der Waals surface area contributed by atoms with Crippen molar-refractivity contribution in [3.8, 4) is 0 Å². The van der Waals surface area contributed by atoms with Gasteiger partial charge in [-0.15, -0.1) is 0 Å². The van der Waals surface area contributed by atoms with Gasteiger partial charge in [0.15, 0.2) is 0 Å². The first kappa shape index (κ1) is 25.4. The van der Waals surface area contributed by atoms with Crippen molar-refractivity contribution in [1.29, 1.82) is 0 Å². The fraction of sp³-hybridized carbons (Fsp3) is 0.821. The van der Waals surface area contributed by atoms with Crippen LogP contribution in [0, 0.1) is 45.3 Å². The van der Waals surface area contributed by atoms with E-state index in [2.05, 4.69) is 19.9 Å². The SMILES string of the molecule is CC(=O)[C@@H]1CC[C@]2(C)[C@H](CC=C3[C@H]4[C@](C(=O)O)(CC[C@@H](C)[C@@]4(C)O)CC[C@]32C)[C@@]1(C)CC(=O)O. The second-order valence-corrected chi connectivity index (χ2v) is 13.0. The Labute approximate surface area is 203 Å². The Morgan fingerprint density at radius 2 is 1.65 bits per heavy atom. The maximum absolute atomic E-state index is 12.7. The van der Waals surface area contributed by atoms with Crippen LogP contribution in [0.4, 0.5) is 0 Å². The summed E-state index contributed by atoms with van der Waals surface area (Å²) in [7, 11) is 0. The average molecular weight is 475 g/mol. The number of hydrogen-bond acceptors (Lipinski definition) is 4. The lowest BCUT2D eigenvalue weighted by Crippen LogP contribution is -2.66. The number of carbonyl (C=O) groups is 3. The molecule has 4 aliphatic carbocycles. The van der Waals surface area contributed by atoms with Crippen molar-refractivity contribution in [2.24, 2.45) is 45.3 Å². The molecule has 0 spiro atoms. The summed E-state index contributed by atoms with van der Waals surface area (Å²) in [5, 5.41) is 32.1. The molecular weight excluding hydrogens is 432 g/mol. The molecule has 6 heteroatoms. The molecule has 190 valence electrons. The lowest BCUT2D eigenvalue weighted by atomic mass is 9.35. The van der Waals surface area contributed by atoms with Crippen molar-refractivity contribution in [2.45, 2.75) is 98.5 Å². The van der Waals surface area contributed by atoms with E-state index in [1.54, 1.807) is 6.92 Å². The molecule has 0 heterocycles. The summed E-state index contributed by atoms with van der Waals surface area (Å²) in [5.74, 6) is -2.40. The molecular formula is C28H42O6. The highest BCUT2D eigenvalue weighted by molar-refractivity contribution is 5.81. The van der Waals surface area contributed by atoms with Gasteiger partial charge in [0.1, 0.15) is 5.78 Å². The molecule has 0 radical (unpaired) electrons. The molecule has 34 heavy (non-hydrogen) atoms. The van der Waals surface area contributed by atoms with Gasteiger partial charge in [-0.25, -0.2) is 0 Å². The van der Waals surface area contributed by atoms with E-state index < -0.39 is 34.3 Å². The van der Waals surface area contributed by atoms with Gasteiger partial charge in [0, 0.05) is 11.8 Å². The van der Waals surface area contributed by atoms with E-state index in [0.29, 0.717) is 38.5 Å². The number of Topliss-reactive ketones (excluding diaryl/α,β-unsaturated/α-hetero) is 1. The fourth-order valence-corrected chi connectivity index (χ4v) is 9.46. The van der Waals surface area contributed by atoms with Gasteiger partial charge >= 0.3 is 11.9 Å². The molecule has 4 rings (SSSR count). The number of ketones is 1. The number of carbonyl (C=O) groups excluding carboxylic acids is 1. The van der Waals surface area contributed by atoms with Gasteiger partial charge in [-0.1, -0.05) is 39.3 Å². The fourth-order valence-electron chi connectivity index (χ4n) is 9.46. The Balaban J connectivity index is 1.89. The molecule has 6 nitrogen and oxygen atoms in total. The molecule has 3 fully saturated rings. The number of hydrogen-bond donors (Lipinski definition) is 3. The zero-order chi connectivity index (χ0) is 25.5. The summed E-state index contributed by atoms with van der Waals surface area (Å²) in [6, 6.07) is 0. The van der Waals surface area contributed by atoms with Crippen LogP contribution in [0.15, 0.2) is 11.6 Å². The highest BCUT2D eigenvalue weighted by Gasteiger charge is 2.70. The summed E-state index contributed by atoms with van der Waals surface area (Å²) >= 11 is 0. The van der Waals surface area contributed by atoms with Gasteiger partial charge in [0.05, 0.1) is 17.4 Å². The number of fused-ring (bicyclic) bond motifs is 5. The summed E-state index contributed by atoms with van der Waals surface area (Å²) in [6.45, 7) is 11.9. The monoisotopic (exact) mass is 474 g/mol. The number of aliphatic carboxylic acids is 2. The molecule has 0 bridgehead atoms. The van der Waals surface area contributed by atoms with Crippen molar-refractivity contribution in [2.75, 3.05) is 0 Å². The van der Waals surface area contributed by atoms with Gasteiger partial charge in [-0.2, -0.15) is 0 Å². The third kappa shape index (κ3) is 3.06. The molecule has 0 aromatic carbocycles. The number of rotatable bonds is 4. The Morgan fingerprint density at radius 3 is 2.21 bits per heavy atom. The molecule has 9 atom stereocenters. The third-order valence-electron chi connectivity index (χ3n) is 11.8. The first-order valence-electron chi connectivity index (χ1n) is 13.0. The van der Waals surface area contributed by atoms with E-state index in [9.17, 15) is 29.7 Å². The summed E-state index contributed by atoms with van der Waals surface area (Å²) in [5.41, 5.74) is -2.34. The van der Waals surface area contributed by atoms with Crippen LogP contribution in [0.1, 0.15) is 92.9 Å². The minimum Gasteiger partial charge on any atom is -0.481 e. The standard InChI is InChI=1S/C28H42O6/c1-16-9-12-28(23(32)33)14-13-25(4)19(22(28)27(16,6)34)7-8-20-24(3,15-21(30)31)18(17(2)29)10-11-26(20,25)5/h7,16,18,20,22,34H,8-15H2,1-6H3,(H,30,31)(H,32,33)/t16-,18+,20-,22-,24+,25-,26-,27-,28+/m1/s1. The maximum Gasteiger partial charge on any atom is 0.310 e. The highest BCUT2D eigenvalue weighted by atomic mass is 16.4. The molecule has 3 saturated carbocycles. The van der Waals surface area contributed by atoms with E-state index in [0.717, 1.165) is 12.0 Å². The van der Waals surface area contributed by atoms with Gasteiger partial charge in [0.25, 0.3) is 0 Å². The Hall–Kier alpha value is -1.69. The third-order valence-corrected chi connectivity index (χ3v) is 11.8. The Morgan fingerprint density at radius 1 is 1.00 bits per heavy atom. The topological polar surface area (TPSA) is 112 Å². The summed E-state index contributed by atoms with van der Waals surface area (Å²) in [4.78, 5) is 37.4. The number of carboxylic acid groups (broad SMARTS) is 2. The second kappa shape index (κ2) is 7.65. The van der Waals surface area contributed by atoms with Gasteiger partial charge in [0.2, 0.25) is 0 Å². The van der Waals surface area contributed by atoms with Crippen molar-refractivity contribution in [1.82, 2.24) is 0 Å². The van der Waals surface area contributed by atoms with Crippen LogP contribution in [-0.4, -0.2) is 38.6 Å². The molecule has 0 unspecified atom stereocenters. The smallest absolute Gasteiger partial charge is 0.310 e. The number of carboxylic acids is 2. The van der Waals surface area contributed by atoms with E-state index in [1.807, 2.05) is 20.8 Å². The molecule has 4 aliphatic rings. The van der Waals surface area contributed by atoms with Crippen LogP contribution in [0.2, 0.25) is 0 Å². The normalized spacial score (nSPS) is 50.3. The van der Waals surface area contributed by atoms with Gasteiger partial charge in [-0.3, -0.25) is 14.4 Å². The molecule has 0 aromatic heterocycles. The Bertz CT molecular complexity index is 951. The quantitative estimate of drug-likeness (QED) is 0.490. The van der Waals surface area contributed by atoms with E-state index in [-0.39, 0.29) is 40.8 Å². The number of allylic oxidation sites excluding steroid dienone is 1. The van der Waals surface area contributed by atoms with Crippen LogP contribution in [0.5, 0.6) is 0 Å². The van der Waals surface area contributed by atoms with Crippen LogP contribution in [0.25, 0.3) is 0 Å². The van der Waals surface area contributed by atoms with E-state index in [4.69, 9.17) is 0 Å². The number of aliphatic hydroxyl groups is 1. The van der Waals surface area contributed by atoms with Crippen molar-refractivity contribution in [3.63, 3.8) is 0 Å². The molecule has 3 N–H and O–H groups in total. The van der Waals surface area contributed by atoms with E-state index in [1.165, 1.54) is 0 Å². The first-order chi connectivity index (χ1) is 15.6. The van der Waals surface area contributed by atoms with E-state index >= 15 is 0 Å². The molecule has 0 amide bonds. The minimum absolute atomic E-state index is 0.00390. The van der Waals surface area contributed by atoms with Crippen molar-refractivity contribution in [3.05, 3.63) is 11.6 Å². The van der Waals surface area contributed by atoms with Crippen molar-refractivity contribution >= 4 is 17.7 Å². The highest BCUT2D eigenvalue weighted by Crippen LogP contribution is 2.74. The van der Waals surface area contributed by atoms with Crippen LogP contribution in [0.3, 0.4) is 0 Å². The first-order valence-corrected chi connectivity index (χ1v) is 13.0. The molecule has 0 saturated heterocycles. The predicted molar refractivity (Wildman–Crippen MR) is 128 cm³/mol. The summed E-state index contributed by atoms with van der Waals surface area (Å²) < 4.78 is 0. The van der Waals surface area contributed by atoms with Crippen LogP contribution >= 0.6 is 0 Å². The minimum atomic E-state index is -1.13. The molecule has 0 aromatic rings. The van der Waals surface area contributed by atoms with Crippen molar-refractivity contribution < 1.29 is 29.7 Å². The lowest BCUT2D eigenvalue weighted by molar-refractivity contribution is -0.200. The van der Waals surface area contributed by atoms with Gasteiger partial charge in [-0.05, 0) is 86.9 Å². The van der Waals surface area contributed by atoms with Gasteiger partial charge < -0.3 is 15.3 Å². The largest absolute Gasteiger partial charge is 0.481 e. The Kier molecular flexibility index (Phi) is 5.72. The lowest BCUT2D eigenvalue weighted by Gasteiger charge is -2.69. The predicted octanol–water partition coefficient (Wildman–Crippen LogP) is 5.09. The maximum atomic E-state index is 12.7. The van der Waals surface area contributed by atoms with Crippen LogP contribution in [-0.2, 0) is 14.4 Å². The second-order valence-electron chi connectivity index (χ2n) is 13.0. The average Bonchev–Trinajstić information content (AvgIpc) is 2.70. The zero-order valence-corrected chi connectivity index (χ0v) is 21.6.